The average Bonchev–Trinajstić information content (AvgIpc) is 3.67. The Balaban J connectivity index is 1.37. The Kier molecular flexibility index (Phi) is 10.7. The summed E-state index contributed by atoms with van der Waals surface area (Å²) in [7, 11) is -4.34. The van der Waals surface area contributed by atoms with Crippen molar-refractivity contribution in [2.75, 3.05) is 13.2 Å². The molecule has 0 unspecified atom stereocenters. The monoisotopic (exact) mass is 699 g/mol. The van der Waals surface area contributed by atoms with Crippen LogP contribution in [0.2, 0.25) is 5.04 Å². The van der Waals surface area contributed by atoms with Crippen LogP contribution in [0.1, 0.15) is 76.9 Å². The van der Waals surface area contributed by atoms with Crippen LogP contribution >= 0.6 is 0 Å². The number of aliphatic carboxylic acids is 1. The van der Waals surface area contributed by atoms with Gasteiger partial charge in [-0.2, -0.15) is 0 Å². The molecule has 3 N–H and O–H groups in total. The molecule has 0 radical (unpaired) electrons. The molecule has 1 aliphatic carbocycles. The number of aliphatic hydroxyl groups excluding tert-OH is 1. The second-order valence-corrected chi connectivity index (χ2v) is 19.0. The van der Waals surface area contributed by atoms with Gasteiger partial charge in [-0.3, -0.25) is 19.3 Å². The van der Waals surface area contributed by atoms with Crippen molar-refractivity contribution in [2.45, 2.75) is 77.0 Å². The van der Waals surface area contributed by atoms with Crippen molar-refractivity contribution in [1.29, 1.82) is 0 Å². The summed E-state index contributed by atoms with van der Waals surface area (Å²) in [5.74, 6) is -2.38. The Morgan fingerprint density at radius 3 is 2.18 bits per heavy atom. The van der Waals surface area contributed by atoms with Gasteiger partial charge in [0, 0.05) is 13.0 Å². The van der Waals surface area contributed by atoms with E-state index in [-0.39, 0.29) is 49.5 Å². The van der Waals surface area contributed by atoms with Gasteiger partial charge in [-0.1, -0.05) is 87.9 Å². The molecule has 50 heavy (non-hydrogen) atoms. The van der Waals surface area contributed by atoms with E-state index in [0.717, 1.165) is 15.9 Å². The number of allylic oxidation sites excluding steroid dienone is 1. The molecule has 6 rings (SSSR count). The van der Waals surface area contributed by atoms with E-state index in [1.807, 2.05) is 36.4 Å². The summed E-state index contributed by atoms with van der Waals surface area (Å²) in [4.78, 5) is 40.4. The average molecular weight is 700 g/mol. The number of benzene rings is 2. The second-order valence-electron chi connectivity index (χ2n) is 14.7. The molecule has 264 valence electrons. The molecular weight excluding hydrogens is 653 g/mol. The van der Waals surface area contributed by atoms with Gasteiger partial charge in [-0.05, 0) is 70.2 Å². The first kappa shape index (κ1) is 36.0. The van der Waals surface area contributed by atoms with E-state index >= 15 is 0 Å². The summed E-state index contributed by atoms with van der Waals surface area (Å²) in [6.45, 7) is 6.67. The van der Waals surface area contributed by atoms with Crippen LogP contribution in [0.4, 0.5) is 0 Å². The van der Waals surface area contributed by atoms with Gasteiger partial charge in [0.05, 0.1) is 18.4 Å². The summed E-state index contributed by atoms with van der Waals surface area (Å²) in [5.41, 5.74) is 1.37. The van der Waals surface area contributed by atoms with Gasteiger partial charge < -0.3 is 28.7 Å². The van der Waals surface area contributed by atoms with Crippen molar-refractivity contribution >= 4 is 43.6 Å². The fourth-order valence-corrected chi connectivity index (χ4v) is 12.9. The first-order chi connectivity index (χ1) is 24.0. The highest BCUT2D eigenvalue weighted by molar-refractivity contribution is 6.99. The van der Waals surface area contributed by atoms with Gasteiger partial charge >= 0.3 is 13.1 Å². The lowest BCUT2D eigenvalue weighted by molar-refractivity contribution is -0.141. The Hall–Kier alpha value is -3.81. The number of likely N-dealkylation sites (tertiary alicyclic amines) is 1. The molecular formula is C38H46BNO9Si. The summed E-state index contributed by atoms with van der Waals surface area (Å²) in [6.07, 6.45) is 1.49. The minimum Gasteiger partial charge on any atom is -0.481 e. The molecule has 0 bridgehead atoms. The fourth-order valence-electron chi connectivity index (χ4n) is 8.34. The number of amides is 2. The molecule has 2 saturated heterocycles. The van der Waals surface area contributed by atoms with Gasteiger partial charge in [0.2, 0.25) is 11.8 Å². The van der Waals surface area contributed by atoms with Crippen LogP contribution in [-0.2, 0) is 30.1 Å². The number of carbonyl (C=O) groups excluding carboxylic acids is 2. The van der Waals surface area contributed by atoms with E-state index in [4.69, 9.17) is 18.6 Å². The van der Waals surface area contributed by atoms with Crippen molar-refractivity contribution in [3.8, 4) is 0 Å². The smallest absolute Gasteiger partial charge is 0.481 e. The normalized spacial score (nSPS) is 22.6. The largest absolute Gasteiger partial charge is 0.487 e. The van der Waals surface area contributed by atoms with Crippen molar-refractivity contribution in [3.63, 3.8) is 0 Å². The molecule has 3 aromatic rings. The van der Waals surface area contributed by atoms with Crippen LogP contribution in [-0.4, -0.2) is 66.5 Å². The van der Waals surface area contributed by atoms with Crippen molar-refractivity contribution in [3.05, 3.63) is 95.4 Å². The SMILES string of the molecule is CC(C)(C)[Si](OCC1=C2B(O)O[C@H](c3ccc(CO)o3)C[C@H]2[C@H]2C(=O)N(CCCCCC(=O)O)C(=O)[C@H]2C1)(c1ccccc1)c1ccccc1. The molecule has 2 aliphatic heterocycles. The lowest BCUT2D eigenvalue weighted by Gasteiger charge is -2.45. The van der Waals surface area contributed by atoms with E-state index < -0.39 is 45.3 Å². The Morgan fingerprint density at radius 2 is 1.60 bits per heavy atom. The maximum absolute atomic E-state index is 14.1. The molecule has 0 saturated carbocycles. The van der Waals surface area contributed by atoms with Crippen molar-refractivity contribution in [2.24, 2.45) is 17.8 Å². The molecule has 4 atom stereocenters. The van der Waals surface area contributed by atoms with E-state index in [9.17, 15) is 24.5 Å². The quantitative estimate of drug-likeness (QED) is 0.134. The molecule has 0 spiro atoms. The first-order valence-corrected chi connectivity index (χ1v) is 19.4. The summed E-state index contributed by atoms with van der Waals surface area (Å²) in [6, 6.07) is 23.9. The first-order valence-electron chi connectivity index (χ1n) is 17.5. The zero-order valence-corrected chi connectivity index (χ0v) is 29.9. The van der Waals surface area contributed by atoms with E-state index in [0.29, 0.717) is 42.7 Å². The zero-order chi connectivity index (χ0) is 35.6. The summed E-state index contributed by atoms with van der Waals surface area (Å²) in [5, 5.41) is 32.2. The Bertz CT molecular complexity index is 1680. The van der Waals surface area contributed by atoms with Crippen LogP contribution in [0.25, 0.3) is 0 Å². The molecule has 2 aromatic carbocycles. The number of carboxylic acids is 1. The van der Waals surface area contributed by atoms with Crippen LogP contribution in [0.5, 0.6) is 0 Å². The predicted molar refractivity (Wildman–Crippen MR) is 190 cm³/mol. The third kappa shape index (κ3) is 6.79. The maximum atomic E-state index is 14.1. The van der Waals surface area contributed by atoms with Gasteiger partial charge in [0.25, 0.3) is 8.32 Å². The second kappa shape index (κ2) is 14.8. The number of hydrogen-bond donors (Lipinski definition) is 3. The minimum atomic E-state index is -2.99. The number of furan rings is 1. The molecule has 3 heterocycles. The molecule has 2 amide bonds. The standard InChI is InChI=1S/C38H46BNO9Si/c1-38(2,3)50(27-13-7-4-8-14-27,28-15-9-5-10-16-28)47-24-25-21-30-34(37(45)40(36(30)44)20-12-6-11-17-33(42)43)29-22-32(49-39(46)35(25)29)31-19-18-26(23-41)48-31/h4-5,7-10,13-16,18-19,29-30,32,34,41,46H,6,11-12,17,20-24H2,1-3H3,(H,42,43)/t29-,30-,32-,34+/m0/s1. The molecule has 3 aliphatic rings. The number of carbonyl (C=O) groups is 3. The highest BCUT2D eigenvalue weighted by Crippen LogP contribution is 2.52. The molecule has 1 aromatic heterocycles. The third-order valence-corrected chi connectivity index (χ3v) is 15.6. The van der Waals surface area contributed by atoms with Gasteiger partial charge in [0.1, 0.15) is 24.2 Å². The summed E-state index contributed by atoms with van der Waals surface area (Å²) < 4.78 is 19.3. The lowest BCUT2D eigenvalue weighted by Crippen LogP contribution is -2.66. The molecule has 2 fully saturated rings. The fraction of sp³-hybridized carbons (Fsp3) is 0.447. The zero-order valence-electron chi connectivity index (χ0n) is 28.9. The van der Waals surface area contributed by atoms with Gasteiger partial charge in [0.15, 0.2) is 0 Å². The predicted octanol–water partition coefficient (Wildman–Crippen LogP) is 4.39. The van der Waals surface area contributed by atoms with Crippen LogP contribution in [0, 0.1) is 17.8 Å². The highest BCUT2D eigenvalue weighted by Gasteiger charge is 2.58. The molecule has 12 heteroatoms. The van der Waals surface area contributed by atoms with Crippen LogP contribution < -0.4 is 10.4 Å². The van der Waals surface area contributed by atoms with E-state index in [1.54, 1.807) is 12.1 Å². The van der Waals surface area contributed by atoms with Gasteiger partial charge in [-0.15, -0.1) is 0 Å². The topological polar surface area (TPSA) is 147 Å². The van der Waals surface area contributed by atoms with Crippen LogP contribution in [0.15, 0.2) is 88.3 Å². The Morgan fingerprint density at radius 1 is 0.940 bits per heavy atom. The maximum Gasteiger partial charge on any atom is 0.487 e. The van der Waals surface area contributed by atoms with E-state index in [2.05, 4.69) is 45.0 Å². The van der Waals surface area contributed by atoms with Crippen LogP contribution in [0.3, 0.4) is 0 Å². The number of unbranched alkanes of at least 4 members (excludes halogenated alkanes) is 2. The number of rotatable bonds is 13. The summed E-state index contributed by atoms with van der Waals surface area (Å²) >= 11 is 0. The third-order valence-electron chi connectivity index (χ3n) is 10.6. The Labute approximate surface area is 294 Å². The number of aliphatic hydroxyl groups is 1. The number of carboxylic acid groups (broad SMARTS) is 1. The number of imide groups is 1. The number of hydrogen-bond acceptors (Lipinski definition) is 8. The lowest BCUT2D eigenvalue weighted by atomic mass is 9.55. The van der Waals surface area contributed by atoms with E-state index in [1.165, 1.54) is 4.90 Å². The molecule has 10 nitrogen and oxygen atoms in total. The number of fused-ring (bicyclic) bond motifs is 3. The highest BCUT2D eigenvalue weighted by atomic mass is 28.4. The number of nitrogens with zero attached hydrogens (tertiary/aromatic N) is 1. The van der Waals surface area contributed by atoms with Crippen molar-refractivity contribution in [1.82, 2.24) is 4.90 Å². The van der Waals surface area contributed by atoms with Gasteiger partial charge in [-0.25, -0.2) is 0 Å². The minimum absolute atomic E-state index is 0.0429. The van der Waals surface area contributed by atoms with Crippen molar-refractivity contribution < 1.29 is 43.1 Å².